The largest absolute Gasteiger partial charge is 0.463 e. The molecule has 1 heterocycles. The minimum atomic E-state index is -0.533. The fourth-order valence-electron chi connectivity index (χ4n) is 1.04. The van der Waals surface area contributed by atoms with E-state index in [-0.39, 0.29) is 5.76 Å². The van der Waals surface area contributed by atoms with Crippen molar-refractivity contribution in [1.29, 1.82) is 0 Å². The molecule has 3 N–H and O–H groups in total. The molecule has 0 aliphatic carbocycles. The maximum atomic E-state index is 11.1. The molecule has 6 heteroatoms. The summed E-state index contributed by atoms with van der Waals surface area (Å²) < 4.78 is 9.66. The second-order valence-corrected chi connectivity index (χ2v) is 3.26. The quantitative estimate of drug-likeness (QED) is 0.691. The number of furan rings is 1. The number of hydrogen-bond acceptors (Lipinski definition) is 5. The number of hydrogen-bond donors (Lipinski definition) is 2. The molecular formula is C10H14N2O4. The van der Waals surface area contributed by atoms with Crippen LogP contribution in [0.2, 0.25) is 0 Å². The maximum Gasteiger partial charge on any atom is 0.373 e. The lowest BCUT2D eigenvalue weighted by Gasteiger charge is -2.07. The van der Waals surface area contributed by atoms with Gasteiger partial charge in [0.15, 0.2) is 0 Å². The number of carbonyl (C=O) groups excluding carboxylic acids is 2. The number of rotatable bonds is 5. The predicted molar refractivity (Wildman–Crippen MR) is 55.5 cm³/mol. The van der Waals surface area contributed by atoms with Gasteiger partial charge in [0.2, 0.25) is 11.7 Å². The van der Waals surface area contributed by atoms with Gasteiger partial charge in [-0.25, -0.2) is 4.79 Å². The van der Waals surface area contributed by atoms with Crippen LogP contribution in [-0.2, 0) is 16.1 Å². The highest BCUT2D eigenvalue weighted by molar-refractivity contribution is 5.86. The van der Waals surface area contributed by atoms with Gasteiger partial charge in [0.05, 0.1) is 19.7 Å². The number of primary amides is 1. The van der Waals surface area contributed by atoms with Crippen molar-refractivity contribution in [3.63, 3.8) is 0 Å². The molecule has 1 rings (SSSR count). The number of amides is 1. The Balaban J connectivity index is 2.53. The minimum absolute atomic E-state index is 0.131. The summed E-state index contributed by atoms with van der Waals surface area (Å²) in [5.74, 6) is -0.312. The van der Waals surface area contributed by atoms with Gasteiger partial charge in [-0.1, -0.05) is 0 Å². The van der Waals surface area contributed by atoms with E-state index in [0.29, 0.717) is 12.3 Å². The monoisotopic (exact) mass is 226 g/mol. The first-order valence-corrected chi connectivity index (χ1v) is 4.74. The molecule has 1 aromatic rings. The molecule has 16 heavy (non-hydrogen) atoms. The Morgan fingerprint density at radius 3 is 2.81 bits per heavy atom. The molecule has 0 aliphatic rings. The SMILES string of the molecule is COC(=O)c1ccc(CNC(C)C(N)=O)o1. The van der Waals surface area contributed by atoms with Crippen LogP contribution in [0.25, 0.3) is 0 Å². The van der Waals surface area contributed by atoms with Gasteiger partial charge in [0.1, 0.15) is 5.76 Å². The lowest BCUT2D eigenvalue weighted by Crippen LogP contribution is -2.38. The summed E-state index contributed by atoms with van der Waals surface area (Å²) in [5, 5.41) is 2.85. The Morgan fingerprint density at radius 1 is 1.56 bits per heavy atom. The fourth-order valence-corrected chi connectivity index (χ4v) is 1.04. The summed E-state index contributed by atoms with van der Waals surface area (Å²) in [6.45, 7) is 1.97. The maximum absolute atomic E-state index is 11.1. The highest BCUT2D eigenvalue weighted by Gasteiger charge is 2.12. The Morgan fingerprint density at radius 2 is 2.25 bits per heavy atom. The van der Waals surface area contributed by atoms with Gasteiger partial charge in [-0.3, -0.25) is 10.1 Å². The van der Waals surface area contributed by atoms with Crippen molar-refractivity contribution < 1.29 is 18.7 Å². The summed E-state index contributed by atoms with van der Waals surface area (Å²) >= 11 is 0. The summed E-state index contributed by atoms with van der Waals surface area (Å²) in [6, 6.07) is 2.69. The van der Waals surface area contributed by atoms with E-state index in [0.717, 1.165) is 0 Å². The number of nitrogens with one attached hydrogen (secondary N) is 1. The minimum Gasteiger partial charge on any atom is -0.463 e. The molecule has 0 saturated carbocycles. The van der Waals surface area contributed by atoms with Crippen molar-refractivity contribution in [2.45, 2.75) is 19.5 Å². The Bertz CT molecular complexity index is 386. The molecule has 0 aromatic carbocycles. The van der Waals surface area contributed by atoms with E-state index in [4.69, 9.17) is 10.2 Å². The van der Waals surface area contributed by atoms with E-state index in [1.807, 2.05) is 0 Å². The lowest BCUT2D eigenvalue weighted by molar-refractivity contribution is -0.119. The molecule has 1 atom stereocenters. The molecule has 0 bridgehead atoms. The van der Waals surface area contributed by atoms with Crippen molar-refractivity contribution in [1.82, 2.24) is 5.32 Å². The summed E-state index contributed by atoms with van der Waals surface area (Å²) in [5.41, 5.74) is 5.07. The third-order valence-electron chi connectivity index (χ3n) is 2.06. The first-order valence-electron chi connectivity index (χ1n) is 4.74. The second kappa shape index (κ2) is 5.32. The van der Waals surface area contributed by atoms with Crippen molar-refractivity contribution in [2.75, 3.05) is 7.11 Å². The molecule has 0 radical (unpaired) electrons. The van der Waals surface area contributed by atoms with Crippen LogP contribution >= 0.6 is 0 Å². The van der Waals surface area contributed by atoms with E-state index in [1.54, 1.807) is 13.0 Å². The first-order chi connectivity index (χ1) is 7.54. The van der Waals surface area contributed by atoms with Gasteiger partial charge < -0.3 is 14.9 Å². The predicted octanol–water partition coefficient (Wildman–Crippen LogP) is 0.0296. The molecule has 1 unspecified atom stereocenters. The van der Waals surface area contributed by atoms with Crippen LogP contribution in [0.1, 0.15) is 23.2 Å². The smallest absolute Gasteiger partial charge is 0.373 e. The molecule has 0 spiro atoms. The van der Waals surface area contributed by atoms with Crippen LogP contribution in [-0.4, -0.2) is 25.0 Å². The third-order valence-corrected chi connectivity index (χ3v) is 2.06. The number of carbonyl (C=O) groups is 2. The topological polar surface area (TPSA) is 94.6 Å². The highest BCUT2D eigenvalue weighted by Crippen LogP contribution is 2.08. The standard InChI is InChI=1S/C10H14N2O4/c1-6(9(11)13)12-5-7-3-4-8(16-7)10(14)15-2/h3-4,6,12H,5H2,1-2H3,(H2,11,13). The zero-order valence-electron chi connectivity index (χ0n) is 9.15. The number of ether oxygens (including phenoxy) is 1. The Kier molecular flexibility index (Phi) is 4.07. The number of esters is 1. The zero-order valence-corrected chi connectivity index (χ0v) is 9.15. The summed E-state index contributed by atoms with van der Waals surface area (Å²) in [4.78, 5) is 21.8. The van der Waals surface area contributed by atoms with Crippen LogP contribution in [0.3, 0.4) is 0 Å². The van der Waals surface area contributed by atoms with Crippen LogP contribution < -0.4 is 11.1 Å². The molecule has 0 aliphatic heterocycles. The molecule has 0 fully saturated rings. The highest BCUT2D eigenvalue weighted by atomic mass is 16.5. The average Bonchev–Trinajstić information content (AvgIpc) is 2.73. The van der Waals surface area contributed by atoms with Crippen molar-refractivity contribution in [2.24, 2.45) is 5.73 Å². The van der Waals surface area contributed by atoms with E-state index < -0.39 is 17.9 Å². The molecular weight excluding hydrogens is 212 g/mol. The first kappa shape index (κ1) is 12.3. The number of methoxy groups -OCH3 is 1. The van der Waals surface area contributed by atoms with Crippen LogP contribution in [0.4, 0.5) is 0 Å². The zero-order chi connectivity index (χ0) is 12.1. The Labute approximate surface area is 92.7 Å². The van der Waals surface area contributed by atoms with Crippen LogP contribution in [0, 0.1) is 0 Å². The molecule has 0 saturated heterocycles. The van der Waals surface area contributed by atoms with Crippen LogP contribution in [0.5, 0.6) is 0 Å². The van der Waals surface area contributed by atoms with Gasteiger partial charge in [0, 0.05) is 0 Å². The van der Waals surface area contributed by atoms with E-state index in [9.17, 15) is 9.59 Å². The third kappa shape index (κ3) is 3.09. The lowest BCUT2D eigenvalue weighted by atomic mass is 10.3. The average molecular weight is 226 g/mol. The molecule has 1 aromatic heterocycles. The normalized spacial score (nSPS) is 12.1. The molecule has 88 valence electrons. The van der Waals surface area contributed by atoms with E-state index >= 15 is 0 Å². The van der Waals surface area contributed by atoms with E-state index in [1.165, 1.54) is 13.2 Å². The van der Waals surface area contributed by atoms with Crippen molar-refractivity contribution in [3.8, 4) is 0 Å². The molecule has 1 amide bonds. The van der Waals surface area contributed by atoms with Gasteiger partial charge in [-0.15, -0.1) is 0 Å². The van der Waals surface area contributed by atoms with E-state index in [2.05, 4.69) is 10.1 Å². The Hall–Kier alpha value is -1.82. The van der Waals surface area contributed by atoms with Crippen LogP contribution in [0.15, 0.2) is 16.5 Å². The van der Waals surface area contributed by atoms with Gasteiger partial charge >= 0.3 is 5.97 Å². The summed E-state index contributed by atoms with van der Waals surface area (Å²) in [6.07, 6.45) is 0. The van der Waals surface area contributed by atoms with Gasteiger partial charge in [0.25, 0.3) is 0 Å². The van der Waals surface area contributed by atoms with Crippen molar-refractivity contribution >= 4 is 11.9 Å². The summed E-state index contributed by atoms with van der Waals surface area (Å²) in [7, 11) is 1.28. The van der Waals surface area contributed by atoms with Gasteiger partial charge in [-0.05, 0) is 19.1 Å². The van der Waals surface area contributed by atoms with Crippen molar-refractivity contribution in [3.05, 3.63) is 23.7 Å². The molecule has 6 nitrogen and oxygen atoms in total. The fraction of sp³-hybridized carbons (Fsp3) is 0.400. The van der Waals surface area contributed by atoms with Gasteiger partial charge in [-0.2, -0.15) is 0 Å². The number of nitrogens with two attached hydrogens (primary N) is 1. The second-order valence-electron chi connectivity index (χ2n) is 3.26.